The molecule has 3 rings (SSSR count). The van der Waals surface area contributed by atoms with E-state index >= 15 is 0 Å². The minimum absolute atomic E-state index is 0.0463. The molecule has 2 atom stereocenters. The maximum atomic E-state index is 12.8. The molecule has 0 fully saturated rings. The van der Waals surface area contributed by atoms with E-state index in [-0.39, 0.29) is 25.1 Å². The predicted octanol–water partition coefficient (Wildman–Crippen LogP) is 2.38. The number of aliphatic hydroxyl groups excluding tert-OH is 1. The van der Waals surface area contributed by atoms with Crippen molar-refractivity contribution in [2.24, 2.45) is 0 Å². The largest absolute Gasteiger partial charge is 0.393 e. The Labute approximate surface area is 180 Å². The number of hydrogen-bond acceptors (Lipinski definition) is 5. The molecule has 0 bridgehead atoms. The molecule has 30 heavy (non-hydrogen) atoms. The van der Waals surface area contributed by atoms with Gasteiger partial charge < -0.3 is 15.3 Å². The molecule has 162 valence electrons. The van der Waals surface area contributed by atoms with E-state index in [2.05, 4.69) is 10.4 Å². The SMILES string of the molecule is Cc1c2c(nn1CC(CO)ON(C)C=O)C(C)CN(C(=O)Nc1cccc(Cl)c1)C2. The summed E-state index contributed by atoms with van der Waals surface area (Å²) in [6.07, 6.45) is -0.0833. The second kappa shape index (κ2) is 9.46. The zero-order valence-electron chi connectivity index (χ0n) is 17.2. The smallest absolute Gasteiger partial charge is 0.322 e. The summed E-state index contributed by atoms with van der Waals surface area (Å²) in [5, 5.41) is 18.7. The highest BCUT2D eigenvalue weighted by molar-refractivity contribution is 6.30. The molecule has 0 saturated heterocycles. The van der Waals surface area contributed by atoms with Crippen LogP contribution in [0, 0.1) is 6.92 Å². The molecule has 1 aromatic heterocycles. The zero-order valence-corrected chi connectivity index (χ0v) is 18.0. The van der Waals surface area contributed by atoms with Gasteiger partial charge in [-0.1, -0.05) is 24.6 Å². The number of nitrogens with zero attached hydrogens (tertiary/aromatic N) is 4. The van der Waals surface area contributed by atoms with Gasteiger partial charge in [0.15, 0.2) is 0 Å². The van der Waals surface area contributed by atoms with E-state index in [1.165, 1.54) is 7.05 Å². The van der Waals surface area contributed by atoms with Crippen molar-refractivity contribution < 1.29 is 19.5 Å². The summed E-state index contributed by atoms with van der Waals surface area (Å²) in [5.41, 5.74) is 3.45. The van der Waals surface area contributed by atoms with Gasteiger partial charge in [-0.15, -0.1) is 0 Å². The number of aliphatic hydroxyl groups is 1. The molecule has 0 saturated carbocycles. The minimum atomic E-state index is -0.613. The zero-order chi connectivity index (χ0) is 21.8. The molecule has 1 aromatic carbocycles. The number of aromatic nitrogens is 2. The van der Waals surface area contributed by atoms with Crippen LogP contribution >= 0.6 is 11.6 Å². The number of carbonyl (C=O) groups excluding carboxylic acids is 2. The van der Waals surface area contributed by atoms with E-state index in [0.29, 0.717) is 30.2 Å². The van der Waals surface area contributed by atoms with Crippen molar-refractivity contribution in [1.82, 2.24) is 19.7 Å². The van der Waals surface area contributed by atoms with E-state index < -0.39 is 6.10 Å². The maximum absolute atomic E-state index is 12.8. The average Bonchev–Trinajstić information content (AvgIpc) is 3.03. The van der Waals surface area contributed by atoms with E-state index in [4.69, 9.17) is 16.4 Å². The molecule has 2 N–H and O–H groups in total. The second-order valence-corrected chi connectivity index (χ2v) is 7.85. The van der Waals surface area contributed by atoms with Crippen LogP contribution in [0.4, 0.5) is 10.5 Å². The minimum Gasteiger partial charge on any atom is -0.393 e. The van der Waals surface area contributed by atoms with Crippen molar-refractivity contribution in [1.29, 1.82) is 0 Å². The van der Waals surface area contributed by atoms with Crippen LogP contribution in [0.1, 0.15) is 29.8 Å². The molecule has 1 aliphatic rings. The van der Waals surface area contributed by atoms with Crippen LogP contribution in [0.2, 0.25) is 5.02 Å². The Kier molecular flexibility index (Phi) is 6.96. The average molecular weight is 436 g/mol. The van der Waals surface area contributed by atoms with Crippen LogP contribution < -0.4 is 5.32 Å². The lowest BCUT2D eigenvalue weighted by Gasteiger charge is -2.30. The molecule has 0 spiro atoms. The highest BCUT2D eigenvalue weighted by Crippen LogP contribution is 2.30. The third-order valence-electron chi connectivity index (χ3n) is 5.08. The van der Waals surface area contributed by atoms with Crippen LogP contribution in [0.15, 0.2) is 24.3 Å². The van der Waals surface area contributed by atoms with Crippen molar-refractivity contribution in [2.45, 2.75) is 39.0 Å². The topological polar surface area (TPSA) is 99.9 Å². The number of benzene rings is 1. The van der Waals surface area contributed by atoms with Crippen LogP contribution in [0.25, 0.3) is 0 Å². The first-order chi connectivity index (χ1) is 14.3. The molecular formula is C20H26ClN5O4. The summed E-state index contributed by atoms with van der Waals surface area (Å²) >= 11 is 6.00. The van der Waals surface area contributed by atoms with Gasteiger partial charge in [0.05, 0.1) is 25.4 Å². The molecule has 10 heteroatoms. The number of carbonyl (C=O) groups is 2. The van der Waals surface area contributed by atoms with Gasteiger partial charge in [-0.2, -0.15) is 5.10 Å². The van der Waals surface area contributed by atoms with Gasteiger partial charge in [0, 0.05) is 41.5 Å². The molecule has 1 aliphatic heterocycles. The normalized spacial score (nSPS) is 16.7. The Morgan fingerprint density at radius 2 is 2.30 bits per heavy atom. The molecule has 9 nitrogen and oxygen atoms in total. The number of hydroxylamine groups is 2. The quantitative estimate of drug-likeness (QED) is 0.513. The summed E-state index contributed by atoms with van der Waals surface area (Å²) in [6, 6.07) is 6.82. The highest BCUT2D eigenvalue weighted by atomic mass is 35.5. The van der Waals surface area contributed by atoms with Crippen molar-refractivity contribution >= 4 is 29.7 Å². The number of anilines is 1. The summed E-state index contributed by atoms with van der Waals surface area (Å²) < 4.78 is 1.76. The van der Waals surface area contributed by atoms with Gasteiger partial charge in [0.1, 0.15) is 6.10 Å². The third-order valence-corrected chi connectivity index (χ3v) is 5.31. The van der Waals surface area contributed by atoms with Crippen molar-refractivity contribution in [2.75, 3.05) is 25.5 Å². The molecule has 2 heterocycles. The summed E-state index contributed by atoms with van der Waals surface area (Å²) in [7, 11) is 1.47. The monoisotopic (exact) mass is 435 g/mol. The van der Waals surface area contributed by atoms with E-state index in [0.717, 1.165) is 22.0 Å². The fourth-order valence-electron chi connectivity index (χ4n) is 3.55. The van der Waals surface area contributed by atoms with Gasteiger partial charge in [0.2, 0.25) is 6.41 Å². The second-order valence-electron chi connectivity index (χ2n) is 7.41. The van der Waals surface area contributed by atoms with Crippen LogP contribution in [0.3, 0.4) is 0 Å². The number of rotatable bonds is 7. The van der Waals surface area contributed by atoms with Crippen LogP contribution in [-0.4, -0.2) is 63.6 Å². The summed E-state index contributed by atoms with van der Waals surface area (Å²) in [5.74, 6) is 0.0463. The van der Waals surface area contributed by atoms with Crippen LogP contribution in [-0.2, 0) is 22.7 Å². The Morgan fingerprint density at radius 1 is 1.53 bits per heavy atom. The first kappa shape index (κ1) is 22.1. The molecule has 0 aliphatic carbocycles. The van der Waals surface area contributed by atoms with E-state index in [1.807, 2.05) is 13.8 Å². The van der Waals surface area contributed by atoms with Crippen molar-refractivity contribution in [3.05, 3.63) is 46.2 Å². The summed E-state index contributed by atoms with van der Waals surface area (Å²) in [4.78, 5) is 30.7. The first-order valence-corrected chi connectivity index (χ1v) is 10.0. The Balaban J connectivity index is 1.74. The van der Waals surface area contributed by atoms with Gasteiger partial charge >= 0.3 is 6.03 Å². The number of fused-ring (bicyclic) bond motifs is 1. The standard InChI is InChI=1S/C20H26ClN5O4/c1-13-8-25(20(29)22-16-6-4-5-15(21)7-16)10-18-14(2)26(23-19(13)18)9-17(11-27)30-24(3)12-28/h4-7,12-13,17,27H,8-11H2,1-3H3,(H,22,29). The van der Waals surface area contributed by atoms with Crippen molar-refractivity contribution in [3.8, 4) is 0 Å². The van der Waals surface area contributed by atoms with Gasteiger partial charge in [-0.05, 0) is 25.1 Å². The Hall–Kier alpha value is -2.62. The lowest BCUT2D eigenvalue weighted by molar-refractivity contribution is -0.192. The summed E-state index contributed by atoms with van der Waals surface area (Å²) in [6.45, 7) is 4.94. The van der Waals surface area contributed by atoms with Gasteiger partial charge in [-0.3, -0.25) is 14.3 Å². The fourth-order valence-corrected chi connectivity index (χ4v) is 3.74. The number of amides is 3. The lowest BCUT2D eigenvalue weighted by Crippen LogP contribution is -2.40. The number of nitrogens with one attached hydrogen (secondary N) is 1. The molecule has 2 unspecified atom stereocenters. The maximum Gasteiger partial charge on any atom is 0.322 e. The number of halogens is 1. The molecule has 3 amide bonds. The van der Waals surface area contributed by atoms with Gasteiger partial charge in [0.25, 0.3) is 0 Å². The number of hydrogen-bond donors (Lipinski definition) is 2. The fraction of sp³-hybridized carbons (Fsp3) is 0.450. The molecular weight excluding hydrogens is 410 g/mol. The van der Waals surface area contributed by atoms with E-state index in [1.54, 1.807) is 33.8 Å². The highest BCUT2D eigenvalue weighted by Gasteiger charge is 2.31. The van der Waals surface area contributed by atoms with Gasteiger partial charge in [-0.25, -0.2) is 9.86 Å². The predicted molar refractivity (Wildman–Crippen MR) is 112 cm³/mol. The lowest BCUT2D eigenvalue weighted by atomic mass is 9.97. The van der Waals surface area contributed by atoms with Crippen molar-refractivity contribution in [3.63, 3.8) is 0 Å². The Morgan fingerprint density at radius 3 is 2.97 bits per heavy atom. The van der Waals surface area contributed by atoms with E-state index in [9.17, 15) is 14.7 Å². The third kappa shape index (κ3) is 4.92. The molecule has 2 aromatic rings. The number of urea groups is 1. The van der Waals surface area contributed by atoms with Crippen LogP contribution in [0.5, 0.6) is 0 Å². The first-order valence-electron chi connectivity index (χ1n) is 9.65. The molecule has 0 radical (unpaired) electrons. The Bertz CT molecular complexity index is 919.